The van der Waals surface area contributed by atoms with E-state index in [4.69, 9.17) is 13.9 Å². The third kappa shape index (κ3) is 4.57. The molecule has 5 nitrogen and oxygen atoms in total. The van der Waals surface area contributed by atoms with Crippen LogP contribution in [0.4, 0.5) is 0 Å². The van der Waals surface area contributed by atoms with E-state index in [-0.39, 0.29) is 12.6 Å². The Balaban J connectivity index is 1.32. The molecule has 182 valence electrons. The quantitative estimate of drug-likeness (QED) is 0.257. The number of rotatable bonds is 8. The highest BCUT2D eigenvalue weighted by Crippen LogP contribution is 2.49. The Bertz CT molecular complexity index is 1360. The van der Waals surface area contributed by atoms with Crippen molar-refractivity contribution in [1.29, 1.82) is 0 Å². The van der Waals surface area contributed by atoms with Crippen molar-refractivity contribution >= 4 is 11.9 Å². The summed E-state index contributed by atoms with van der Waals surface area (Å²) >= 11 is 0. The second-order valence-electron chi connectivity index (χ2n) is 9.14. The Morgan fingerprint density at radius 3 is 2.06 bits per heavy atom. The van der Waals surface area contributed by atoms with Gasteiger partial charge in [0.05, 0.1) is 18.3 Å². The maximum absolute atomic E-state index is 12.9. The average molecular weight is 481 g/mol. The highest BCUT2D eigenvalue weighted by molar-refractivity contribution is 5.97. The molecule has 0 unspecified atom stereocenters. The molecule has 0 spiro atoms. The number of carbonyl (C=O) groups excluding carboxylic acids is 2. The zero-order valence-corrected chi connectivity index (χ0v) is 20.5. The van der Waals surface area contributed by atoms with Crippen LogP contribution in [0, 0.1) is 6.92 Å². The molecule has 3 aromatic carbocycles. The lowest BCUT2D eigenvalue weighted by Gasteiger charge is -2.14. The molecular weight excluding hydrogens is 452 g/mol. The Hall–Kier alpha value is -4.12. The Labute approximate surface area is 210 Å². The number of esters is 2. The van der Waals surface area contributed by atoms with Gasteiger partial charge >= 0.3 is 11.9 Å². The number of furan rings is 1. The summed E-state index contributed by atoms with van der Waals surface area (Å²) in [5.41, 5.74) is 5.52. The first kappa shape index (κ1) is 23.6. The zero-order chi connectivity index (χ0) is 25.1. The van der Waals surface area contributed by atoms with Crippen molar-refractivity contribution < 1.29 is 23.5 Å². The molecule has 5 heteroatoms. The van der Waals surface area contributed by atoms with E-state index in [1.54, 1.807) is 6.26 Å². The predicted octanol–water partition coefficient (Wildman–Crippen LogP) is 6.87. The second-order valence-corrected chi connectivity index (χ2v) is 9.14. The van der Waals surface area contributed by atoms with Gasteiger partial charge in [-0.05, 0) is 48.9 Å². The molecule has 0 aliphatic heterocycles. The standard InChI is InChI=1S/C31H28O5/c1-3-34-30(33)31(17-18-31)26-15-13-24(14-16-26)23-9-11-25(12-10-23)28-27(21(2)19-35-28)29(32)36-20-22-7-5-4-6-8-22/h4-16,19H,3,17-18,20H2,1-2H3. The van der Waals surface area contributed by atoms with Gasteiger partial charge in [0.25, 0.3) is 0 Å². The Morgan fingerprint density at radius 1 is 0.833 bits per heavy atom. The topological polar surface area (TPSA) is 65.7 Å². The van der Waals surface area contributed by atoms with Gasteiger partial charge in [-0.3, -0.25) is 4.79 Å². The van der Waals surface area contributed by atoms with Crippen molar-refractivity contribution in [3.8, 4) is 22.5 Å². The monoisotopic (exact) mass is 480 g/mol. The highest BCUT2D eigenvalue weighted by Gasteiger charge is 2.52. The van der Waals surface area contributed by atoms with Crippen molar-refractivity contribution in [3.63, 3.8) is 0 Å². The Kier molecular flexibility index (Phi) is 6.47. The summed E-state index contributed by atoms with van der Waals surface area (Å²) in [4.78, 5) is 25.3. The first-order valence-corrected chi connectivity index (χ1v) is 12.2. The lowest BCUT2D eigenvalue weighted by atomic mass is 9.93. The third-order valence-electron chi connectivity index (χ3n) is 6.73. The van der Waals surface area contributed by atoms with Crippen LogP contribution in [0.3, 0.4) is 0 Å². The van der Waals surface area contributed by atoms with Gasteiger partial charge in [0, 0.05) is 11.1 Å². The summed E-state index contributed by atoms with van der Waals surface area (Å²) in [6.45, 7) is 4.27. The molecule has 5 rings (SSSR count). The largest absolute Gasteiger partial charge is 0.465 e. The van der Waals surface area contributed by atoms with E-state index in [9.17, 15) is 9.59 Å². The van der Waals surface area contributed by atoms with Gasteiger partial charge in [-0.25, -0.2) is 4.79 Å². The minimum atomic E-state index is -0.471. The van der Waals surface area contributed by atoms with E-state index in [2.05, 4.69) is 0 Å². The van der Waals surface area contributed by atoms with Crippen molar-refractivity contribution in [3.05, 3.63) is 107 Å². The molecule has 0 amide bonds. The number of hydrogen-bond acceptors (Lipinski definition) is 5. The van der Waals surface area contributed by atoms with Gasteiger partial charge in [0.15, 0.2) is 0 Å². The van der Waals surface area contributed by atoms with Crippen LogP contribution in [0.5, 0.6) is 0 Å². The summed E-state index contributed by atoms with van der Waals surface area (Å²) in [5, 5.41) is 0. The summed E-state index contributed by atoms with van der Waals surface area (Å²) in [5.74, 6) is -0.0399. The van der Waals surface area contributed by atoms with E-state index < -0.39 is 11.4 Å². The summed E-state index contributed by atoms with van der Waals surface area (Å²) in [6, 6.07) is 25.6. The summed E-state index contributed by atoms with van der Waals surface area (Å²) in [7, 11) is 0. The van der Waals surface area contributed by atoms with Crippen LogP contribution >= 0.6 is 0 Å². The smallest absolute Gasteiger partial charge is 0.342 e. The summed E-state index contributed by atoms with van der Waals surface area (Å²) < 4.78 is 16.6. The zero-order valence-electron chi connectivity index (χ0n) is 20.5. The molecule has 1 saturated carbocycles. The highest BCUT2D eigenvalue weighted by atomic mass is 16.5. The molecule has 1 aromatic heterocycles. The molecule has 1 aliphatic rings. The molecular formula is C31H28O5. The van der Waals surface area contributed by atoms with E-state index in [1.807, 2.05) is 92.7 Å². The average Bonchev–Trinajstić information content (AvgIpc) is 3.64. The molecule has 0 saturated heterocycles. The fourth-order valence-corrected chi connectivity index (χ4v) is 4.51. The van der Waals surface area contributed by atoms with Crippen molar-refractivity contribution in [2.24, 2.45) is 0 Å². The molecule has 1 aliphatic carbocycles. The molecule has 1 fully saturated rings. The van der Waals surface area contributed by atoms with Gasteiger partial charge in [0.1, 0.15) is 17.9 Å². The first-order chi connectivity index (χ1) is 17.5. The Morgan fingerprint density at radius 2 is 1.44 bits per heavy atom. The van der Waals surface area contributed by atoms with E-state index in [1.165, 1.54) is 0 Å². The minimum absolute atomic E-state index is 0.131. The van der Waals surface area contributed by atoms with E-state index in [0.29, 0.717) is 17.9 Å². The van der Waals surface area contributed by atoms with Crippen LogP contribution in [0.2, 0.25) is 0 Å². The SMILES string of the molecule is CCOC(=O)C1(c2ccc(-c3ccc(-c4occ(C)c4C(=O)OCc4ccccc4)cc3)cc2)CC1. The number of aryl methyl sites for hydroxylation is 1. The first-order valence-electron chi connectivity index (χ1n) is 12.2. The fraction of sp³-hybridized carbons (Fsp3) is 0.226. The van der Waals surface area contributed by atoms with E-state index >= 15 is 0 Å². The summed E-state index contributed by atoms with van der Waals surface area (Å²) in [6.07, 6.45) is 3.25. The number of ether oxygens (including phenoxy) is 2. The molecule has 0 bridgehead atoms. The second kappa shape index (κ2) is 9.86. The lowest BCUT2D eigenvalue weighted by Crippen LogP contribution is -2.23. The maximum Gasteiger partial charge on any atom is 0.342 e. The van der Waals surface area contributed by atoms with Crippen LogP contribution in [-0.2, 0) is 26.3 Å². The molecule has 0 atom stereocenters. The predicted molar refractivity (Wildman–Crippen MR) is 137 cm³/mol. The van der Waals surface area contributed by atoms with Crippen LogP contribution in [-0.4, -0.2) is 18.5 Å². The van der Waals surface area contributed by atoms with Crippen LogP contribution in [0.15, 0.2) is 89.5 Å². The van der Waals surface area contributed by atoms with Crippen molar-refractivity contribution in [2.45, 2.75) is 38.7 Å². The fourth-order valence-electron chi connectivity index (χ4n) is 4.51. The normalized spacial score (nSPS) is 13.7. The molecule has 36 heavy (non-hydrogen) atoms. The number of hydrogen-bond donors (Lipinski definition) is 0. The molecule has 0 N–H and O–H groups in total. The third-order valence-corrected chi connectivity index (χ3v) is 6.73. The van der Waals surface area contributed by atoms with Crippen molar-refractivity contribution in [1.82, 2.24) is 0 Å². The van der Waals surface area contributed by atoms with E-state index in [0.717, 1.165) is 46.2 Å². The molecule has 4 aromatic rings. The van der Waals surface area contributed by atoms with Crippen LogP contribution in [0.25, 0.3) is 22.5 Å². The number of benzene rings is 3. The van der Waals surface area contributed by atoms with Gasteiger partial charge < -0.3 is 13.9 Å². The van der Waals surface area contributed by atoms with Crippen LogP contribution < -0.4 is 0 Å². The van der Waals surface area contributed by atoms with Crippen LogP contribution in [0.1, 0.15) is 46.8 Å². The van der Waals surface area contributed by atoms with Gasteiger partial charge in [0.2, 0.25) is 0 Å². The maximum atomic E-state index is 12.9. The number of carbonyl (C=O) groups is 2. The lowest BCUT2D eigenvalue weighted by molar-refractivity contribution is -0.146. The minimum Gasteiger partial charge on any atom is -0.465 e. The molecule has 0 radical (unpaired) electrons. The van der Waals surface area contributed by atoms with Gasteiger partial charge in [-0.1, -0.05) is 78.9 Å². The van der Waals surface area contributed by atoms with Gasteiger partial charge in [-0.2, -0.15) is 0 Å². The van der Waals surface area contributed by atoms with Gasteiger partial charge in [-0.15, -0.1) is 0 Å². The molecule has 1 heterocycles. The van der Waals surface area contributed by atoms with Crippen molar-refractivity contribution in [2.75, 3.05) is 6.61 Å².